The highest BCUT2D eigenvalue weighted by molar-refractivity contribution is 9.10. The van der Waals surface area contributed by atoms with E-state index in [2.05, 4.69) is 31.5 Å². The molecule has 2 N–H and O–H groups in total. The Morgan fingerprint density at radius 3 is 2.70 bits per heavy atom. The lowest BCUT2D eigenvalue weighted by Gasteiger charge is -2.07. The maximum absolute atomic E-state index is 12.1. The Labute approximate surface area is 126 Å². The second-order valence-corrected chi connectivity index (χ2v) is 5.23. The fraction of sp³-hybridized carbons (Fsp3) is 0.200. The summed E-state index contributed by atoms with van der Waals surface area (Å²) in [5, 5.41) is 5.94. The molecule has 20 heavy (non-hydrogen) atoms. The Morgan fingerprint density at radius 2 is 2.10 bits per heavy atom. The van der Waals surface area contributed by atoms with E-state index >= 15 is 0 Å². The third-order valence-corrected chi connectivity index (χ3v) is 3.67. The molecule has 0 unspecified atom stereocenters. The van der Waals surface area contributed by atoms with E-state index in [-0.39, 0.29) is 5.91 Å². The number of rotatable bonds is 4. The number of hydrogen-bond acceptors (Lipinski definition) is 3. The van der Waals surface area contributed by atoms with Crippen molar-refractivity contribution in [3.63, 3.8) is 0 Å². The fourth-order valence-electron chi connectivity index (χ4n) is 1.69. The van der Waals surface area contributed by atoms with E-state index in [0.717, 1.165) is 28.1 Å². The molecule has 0 fully saturated rings. The number of aromatic nitrogens is 1. The molecule has 0 saturated heterocycles. The molecule has 0 aliphatic heterocycles. The minimum atomic E-state index is -0.170. The molecule has 0 spiro atoms. The van der Waals surface area contributed by atoms with Gasteiger partial charge < -0.3 is 10.6 Å². The van der Waals surface area contributed by atoms with Crippen LogP contribution in [0.1, 0.15) is 22.8 Å². The van der Waals surface area contributed by atoms with E-state index in [4.69, 9.17) is 0 Å². The summed E-state index contributed by atoms with van der Waals surface area (Å²) in [5.41, 5.74) is 2.41. The van der Waals surface area contributed by atoms with Gasteiger partial charge in [-0.15, -0.1) is 0 Å². The largest absolute Gasteiger partial charge is 0.370 e. The molecule has 0 aliphatic carbocycles. The van der Waals surface area contributed by atoms with E-state index < -0.39 is 0 Å². The number of halogens is 1. The molecule has 104 valence electrons. The number of carbonyl (C=O) groups is 1. The zero-order valence-corrected chi connectivity index (χ0v) is 13.0. The van der Waals surface area contributed by atoms with Crippen LogP contribution >= 0.6 is 15.9 Å². The molecule has 5 heteroatoms. The second-order valence-electron chi connectivity index (χ2n) is 4.38. The molecule has 1 aromatic heterocycles. The van der Waals surface area contributed by atoms with E-state index in [0.29, 0.717) is 5.56 Å². The van der Waals surface area contributed by atoms with Crippen LogP contribution in [0, 0.1) is 6.92 Å². The van der Waals surface area contributed by atoms with Crippen molar-refractivity contribution in [3.05, 3.63) is 52.1 Å². The van der Waals surface area contributed by atoms with Crippen molar-refractivity contribution in [3.8, 4) is 0 Å². The highest BCUT2D eigenvalue weighted by Crippen LogP contribution is 2.21. The minimum absolute atomic E-state index is 0.170. The number of benzene rings is 1. The second kappa shape index (κ2) is 6.52. The SMILES string of the molecule is CCNc1ccc(C(=O)Nc2ccc(C)c(Br)c2)cn1. The first kappa shape index (κ1) is 14.5. The quantitative estimate of drug-likeness (QED) is 0.893. The lowest BCUT2D eigenvalue weighted by Crippen LogP contribution is -2.12. The van der Waals surface area contributed by atoms with Crippen LogP contribution in [-0.2, 0) is 0 Å². The van der Waals surface area contributed by atoms with Crippen LogP contribution in [0.5, 0.6) is 0 Å². The number of nitrogens with one attached hydrogen (secondary N) is 2. The van der Waals surface area contributed by atoms with E-state index in [1.54, 1.807) is 18.3 Å². The predicted octanol–water partition coefficient (Wildman–Crippen LogP) is 3.84. The predicted molar refractivity (Wildman–Crippen MR) is 85.2 cm³/mol. The Bertz CT molecular complexity index is 611. The molecule has 1 amide bonds. The minimum Gasteiger partial charge on any atom is -0.370 e. The van der Waals surface area contributed by atoms with Crippen LogP contribution in [-0.4, -0.2) is 17.4 Å². The first-order valence-electron chi connectivity index (χ1n) is 6.37. The fourth-order valence-corrected chi connectivity index (χ4v) is 2.07. The summed E-state index contributed by atoms with van der Waals surface area (Å²) in [6.45, 7) is 4.80. The lowest BCUT2D eigenvalue weighted by atomic mass is 10.2. The number of amides is 1. The monoisotopic (exact) mass is 333 g/mol. The van der Waals surface area contributed by atoms with Gasteiger partial charge >= 0.3 is 0 Å². The van der Waals surface area contributed by atoms with Crippen LogP contribution in [0.25, 0.3) is 0 Å². The number of aryl methyl sites for hydroxylation is 1. The average molecular weight is 334 g/mol. The van der Waals surface area contributed by atoms with Crippen molar-refractivity contribution in [2.24, 2.45) is 0 Å². The van der Waals surface area contributed by atoms with Gasteiger partial charge in [0.1, 0.15) is 5.82 Å². The third kappa shape index (κ3) is 3.57. The van der Waals surface area contributed by atoms with Gasteiger partial charge in [0.15, 0.2) is 0 Å². The number of hydrogen-bond donors (Lipinski definition) is 2. The van der Waals surface area contributed by atoms with Gasteiger partial charge in [0.25, 0.3) is 5.91 Å². The smallest absolute Gasteiger partial charge is 0.257 e. The molecule has 2 rings (SSSR count). The number of anilines is 2. The summed E-state index contributed by atoms with van der Waals surface area (Å²) in [6.07, 6.45) is 1.57. The molecule has 1 heterocycles. The highest BCUT2D eigenvalue weighted by atomic mass is 79.9. The Morgan fingerprint density at radius 1 is 1.30 bits per heavy atom. The zero-order valence-electron chi connectivity index (χ0n) is 11.4. The summed E-state index contributed by atoms with van der Waals surface area (Å²) in [6, 6.07) is 9.26. The third-order valence-electron chi connectivity index (χ3n) is 2.81. The standard InChI is InChI=1S/C15H16BrN3O/c1-3-17-14-7-5-11(9-18-14)15(20)19-12-6-4-10(2)13(16)8-12/h4-9H,3H2,1-2H3,(H,17,18)(H,19,20). The molecule has 0 radical (unpaired) electrons. The summed E-state index contributed by atoms with van der Waals surface area (Å²) in [7, 11) is 0. The van der Waals surface area contributed by atoms with Crippen molar-refractivity contribution in [1.82, 2.24) is 4.98 Å². The van der Waals surface area contributed by atoms with Crippen molar-refractivity contribution >= 4 is 33.3 Å². The van der Waals surface area contributed by atoms with Crippen LogP contribution < -0.4 is 10.6 Å². The van der Waals surface area contributed by atoms with Crippen LogP contribution in [0.3, 0.4) is 0 Å². The number of pyridine rings is 1. The zero-order chi connectivity index (χ0) is 14.5. The molecule has 1 aromatic carbocycles. The van der Waals surface area contributed by atoms with Crippen molar-refractivity contribution < 1.29 is 4.79 Å². The van der Waals surface area contributed by atoms with Gasteiger partial charge in [0.2, 0.25) is 0 Å². The van der Waals surface area contributed by atoms with Crippen molar-refractivity contribution in [2.45, 2.75) is 13.8 Å². The van der Waals surface area contributed by atoms with Crippen molar-refractivity contribution in [2.75, 3.05) is 17.2 Å². The number of carbonyl (C=O) groups excluding carboxylic acids is 1. The Kier molecular flexibility index (Phi) is 4.74. The normalized spacial score (nSPS) is 10.2. The summed E-state index contributed by atoms with van der Waals surface area (Å²) < 4.78 is 0.968. The van der Waals surface area contributed by atoms with E-state index in [1.165, 1.54) is 0 Å². The molecular weight excluding hydrogens is 318 g/mol. The molecule has 4 nitrogen and oxygen atoms in total. The molecule has 0 bridgehead atoms. The van der Waals surface area contributed by atoms with Gasteiger partial charge in [-0.05, 0) is 43.7 Å². The maximum Gasteiger partial charge on any atom is 0.257 e. The van der Waals surface area contributed by atoms with Crippen molar-refractivity contribution in [1.29, 1.82) is 0 Å². The van der Waals surface area contributed by atoms with E-state index in [1.807, 2.05) is 32.0 Å². The first-order chi connectivity index (χ1) is 9.60. The summed E-state index contributed by atoms with van der Waals surface area (Å²) in [5.74, 6) is 0.596. The van der Waals surface area contributed by atoms with Gasteiger partial charge in [-0.25, -0.2) is 4.98 Å². The molecule has 0 saturated carbocycles. The molecule has 2 aromatic rings. The Hall–Kier alpha value is -1.88. The van der Waals surface area contributed by atoms with Gasteiger partial charge in [-0.2, -0.15) is 0 Å². The van der Waals surface area contributed by atoms with E-state index in [9.17, 15) is 4.79 Å². The topological polar surface area (TPSA) is 54.0 Å². The molecule has 0 aliphatic rings. The highest BCUT2D eigenvalue weighted by Gasteiger charge is 2.07. The van der Waals surface area contributed by atoms with Gasteiger partial charge in [-0.3, -0.25) is 4.79 Å². The van der Waals surface area contributed by atoms with Gasteiger partial charge in [-0.1, -0.05) is 22.0 Å². The lowest BCUT2D eigenvalue weighted by molar-refractivity contribution is 0.102. The van der Waals surface area contributed by atoms with Gasteiger partial charge in [0, 0.05) is 22.9 Å². The Balaban J connectivity index is 2.09. The van der Waals surface area contributed by atoms with Gasteiger partial charge in [0.05, 0.1) is 5.56 Å². The van der Waals surface area contributed by atoms with Crippen LogP contribution in [0.4, 0.5) is 11.5 Å². The average Bonchev–Trinajstić information content (AvgIpc) is 2.44. The maximum atomic E-state index is 12.1. The summed E-state index contributed by atoms with van der Waals surface area (Å²) >= 11 is 3.45. The molecule has 0 atom stereocenters. The summed E-state index contributed by atoms with van der Waals surface area (Å²) in [4.78, 5) is 16.3. The first-order valence-corrected chi connectivity index (χ1v) is 7.17. The molecular formula is C15H16BrN3O. The van der Waals surface area contributed by atoms with Crippen LogP contribution in [0.2, 0.25) is 0 Å². The van der Waals surface area contributed by atoms with Crippen LogP contribution in [0.15, 0.2) is 41.0 Å². The number of nitrogens with zero attached hydrogens (tertiary/aromatic N) is 1.